The molecular weight excluding hydrogens is 416 g/mol. The average molecular weight is 445 g/mol. The monoisotopic (exact) mass is 444 g/mol. The van der Waals surface area contributed by atoms with E-state index in [4.69, 9.17) is 4.74 Å². The minimum absolute atomic E-state index is 0.0575. The molecule has 1 aliphatic carbocycles. The van der Waals surface area contributed by atoms with Crippen molar-refractivity contribution in [3.8, 4) is 0 Å². The minimum atomic E-state index is -3.44. The van der Waals surface area contributed by atoms with Gasteiger partial charge in [0.2, 0.25) is 10.0 Å². The molecule has 0 bridgehead atoms. The van der Waals surface area contributed by atoms with E-state index in [-0.39, 0.29) is 12.1 Å². The van der Waals surface area contributed by atoms with Gasteiger partial charge in [-0.3, -0.25) is 0 Å². The standard InChI is InChI=1S/C19H29BrN2O3S/c1-21(26(23,24)19-10-4-16(20)5-11-19)17-6-8-18(9-7-17)25-15-14-22-12-2-3-13-22/h4-5,10-11,17-18H,2-3,6-9,12-15H2,1H3. The minimum Gasteiger partial charge on any atom is -0.377 e. The summed E-state index contributed by atoms with van der Waals surface area (Å²) in [4.78, 5) is 2.82. The normalized spacial score (nSPS) is 25.0. The van der Waals surface area contributed by atoms with E-state index in [1.54, 1.807) is 35.6 Å². The molecule has 1 aromatic carbocycles. The molecule has 3 rings (SSSR count). The number of likely N-dealkylation sites (tertiary alicyclic amines) is 1. The molecule has 1 aromatic rings. The largest absolute Gasteiger partial charge is 0.377 e. The highest BCUT2D eigenvalue weighted by Gasteiger charge is 2.31. The zero-order valence-corrected chi connectivity index (χ0v) is 17.8. The third-order valence-electron chi connectivity index (χ3n) is 5.61. The summed E-state index contributed by atoms with van der Waals surface area (Å²) in [6, 6.07) is 6.91. The third-order valence-corrected chi connectivity index (χ3v) is 8.06. The van der Waals surface area contributed by atoms with E-state index < -0.39 is 10.0 Å². The first-order chi connectivity index (χ1) is 12.5. The van der Waals surface area contributed by atoms with Crippen molar-refractivity contribution in [3.63, 3.8) is 0 Å². The van der Waals surface area contributed by atoms with Crippen LogP contribution in [0.1, 0.15) is 38.5 Å². The number of hydrogen-bond donors (Lipinski definition) is 0. The maximum Gasteiger partial charge on any atom is 0.243 e. The Morgan fingerprint density at radius 3 is 2.35 bits per heavy atom. The molecule has 0 radical (unpaired) electrons. The Labute approximate surface area is 165 Å². The average Bonchev–Trinajstić information content (AvgIpc) is 3.15. The number of nitrogens with zero attached hydrogens (tertiary/aromatic N) is 2. The summed E-state index contributed by atoms with van der Waals surface area (Å²) in [5, 5.41) is 0. The highest BCUT2D eigenvalue weighted by molar-refractivity contribution is 9.10. The Kier molecular flexibility index (Phi) is 7.13. The molecule has 7 heteroatoms. The fourth-order valence-corrected chi connectivity index (χ4v) is 5.58. The van der Waals surface area contributed by atoms with Gasteiger partial charge in [0.1, 0.15) is 0 Å². The molecular formula is C19H29BrN2O3S. The van der Waals surface area contributed by atoms with Gasteiger partial charge in [0, 0.05) is 24.1 Å². The Bertz CT molecular complexity index is 667. The van der Waals surface area contributed by atoms with Gasteiger partial charge in [-0.2, -0.15) is 4.31 Å². The van der Waals surface area contributed by atoms with E-state index >= 15 is 0 Å². The second kappa shape index (κ2) is 9.15. The van der Waals surface area contributed by atoms with Crippen LogP contribution in [0.4, 0.5) is 0 Å². The van der Waals surface area contributed by atoms with Gasteiger partial charge in [0.15, 0.2) is 0 Å². The molecule has 0 atom stereocenters. The molecule has 0 spiro atoms. The van der Waals surface area contributed by atoms with Crippen LogP contribution in [-0.4, -0.2) is 63.1 Å². The Morgan fingerprint density at radius 2 is 1.73 bits per heavy atom. The van der Waals surface area contributed by atoms with Crippen molar-refractivity contribution < 1.29 is 13.2 Å². The lowest BCUT2D eigenvalue weighted by atomic mass is 9.93. The van der Waals surface area contributed by atoms with Crippen molar-refractivity contribution >= 4 is 26.0 Å². The van der Waals surface area contributed by atoms with Gasteiger partial charge in [-0.25, -0.2) is 8.42 Å². The maximum absolute atomic E-state index is 12.8. The van der Waals surface area contributed by atoms with Crippen LogP contribution >= 0.6 is 15.9 Å². The predicted molar refractivity (Wildman–Crippen MR) is 107 cm³/mol. The zero-order chi connectivity index (χ0) is 18.6. The van der Waals surface area contributed by atoms with Crippen molar-refractivity contribution in [2.75, 3.05) is 33.3 Å². The summed E-state index contributed by atoms with van der Waals surface area (Å²) in [5.41, 5.74) is 0. The summed E-state index contributed by atoms with van der Waals surface area (Å²) >= 11 is 3.35. The molecule has 1 heterocycles. The van der Waals surface area contributed by atoms with Gasteiger partial charge in [-0.1, -0.05) is 15.9 Å². The maximum atomic E-state index is 12.8. The number of rotatable bonds is 7. The van der Waals surface area contributed by atoms with Gasteiger partial charge in [0.25, 0.3) is 0 Å². The summed E-state index contributed by atoms with van der Waals surface area (Å²) < 4.78 is 34.1. The number of hydrogen-bond acceptors (Lipinski definition) is 4. The van der Waals surface area contributed by atoms with Crippen LogP contribution in [0, 0.1) is 0 Å². The molecule has 0 aromatic heterocycles. The molecule has 0 unspecified atom stereocenters. The third kappa shape index (κ3) is 5.07. The van der Waals surface area contributed by atoms with Crippen LogP contribution in [0.5, 0.6) is 0 Å². The second-order valence-electron chi connectivity index (χ2n) is 7.33. The van der Waals surface area contributed by atoms with Gasteiger partial charge in [-0.05, 0) is 75.9 Å². The molecule has 0 N–H and O–H groups in total. The Balaban J connectivity index is 1.46. The lowest BCUT2D eigenvalue weighted by Crippen LogP contribution is -2.41. The van der Waals surface area contributed by atoms with Crippen LogP contribution in [0.25, 0.3) is 0 Å². The summed E-state index contributed by atoms with van der Waals surface area (Å²) in [6.45, 7) is 4.23. The molecule has 146 valence electrons. The summed E-state index contributed by atoms with van der Waals surface area (Å²) in [7, 11) is -1.73. The topological polar surface area (TPSA) is 49.9 Å². The number of sulfonamides is 1. The van der Waals surface area contributed by atoms with E-state index in [1.807, 2.05) is 0 Å². The van der Waals surface area contributed by atoms with E-state index in [2.05, 4.69) is 20.8 Å². The highest BCUT2D eigenvalue weighted by Crippen LogP contribution is 2.28. The van der Waals surface area contributed by atoms with Crippen LogP contribution < -0.4 is 0 Å². The van der Waals surface area contributed by atoms with Gasteiger partial charge < -0.3 is 9.64 Å². The van der Waals surface area contributed by atoms with Crippen LogP contribution in [0.3, 0.4) is 0 Å². The first kappa shape index (κ1) is 20.3. The molecule has 26 heavy (non-hydrogen) atoms. The summed E-state index contributed by atoms with van der Waals surface area (Å²) in [6.07, 6.45) is 6.49. The van der Waals surface area contributed by atoms with Crippen molar-refractivity contribution in [3.05, 3.63) is 28.7 Å². The molecule has 1 saturated heterocycles. The highest BCUT2D eigenvalue weighted by atomic mass is 79.9. The molecule has 0 amide bonds. The van der Waals surface area contributed by atoms with Crippen LogP contribution in [-0.2, 0) is 14.8 Å². The van der Waals surface area contributed by atoms with Gasteiger partial charge in [0.05, 0.1) is 17.6 Å². The van der Waals surface area contributed by atoms with Crippen molar-refractivity contribution in [1.82, 2.24) is 9.21 Å². The Hall–Kier alpha value is -0.470. The first-order valence-corrected chi connectivity index (χ1v) is 11.8. The van der Waals surface area contributed by atoms with E-state index in [9.17, 15) is 8.42 Å². The van der Waals surface area contributed by atoms with Gasteiger partial charge in [-0.15, -0.1) is 0 Å². The smallest absolute Gasteiger partial charge is 0.243 e. The van der Waals surface area contributed by atoms with E-state index in [0.29, 0.717) is 4.90 Å². The molecule has 1 aliphatic heterocycles. The van der Waals surface area contributed by atoms with E-state index in [0.717, 1.165) is 43.3 Å². The molecule has 1 saturated carbocycles. The molecule has 5 nitrogen and oxygen atoms in total. The first-order valence-electron chi connectivity index (χ1n) is 9.54. The summed E-state index contributed by atoms with van der Waals surface area (Å²) in [5.74, 6) is 0. The van der Waals surface area contributed by atoms with Crippen molar-refractivity contribution in [1.29, 1.82) is 0 Å². The lowest BCUT2D eigenvalue weighted by molar-refractivity contribution is 0.00923. The second-order valence-corrected chi connectivity index (χ2v) is 10.2. The zero-order valence-electron chi connectivity index (χ0n) is 15.4. The van der Waals surface area contributed by atoms with Crippen molar-refractivity contribution in [2.45, 2.75) is 55.6 Å². The van der Waals surface area contributed by atoms with Crippen LogP contribution in [0.2, 0.25) is 0 Å². The molecule has 2 aliphatic rings. The quantitative estimate of drug-likeness (QED) is 0.645. The lowest BCUT2D eigenvalue weighted by Gasteiger charge is -2.34. The van der Waals surface area contributed by atoms with Crippen LogP contribution in [0.15, 0.2) is 33.6 Å². The Morgan fingerprint density at radius 1 is 1.12 bits per heavy atom. The van der Waals surface area contributed by atoms with Gasteiger partial charge >= 0.3 is 0 Å². The number of ether oxygens (including phenoxy) is 1. The number of benzene rings is 1. The fraction of sp³-hybridized carbons (Fsp3) is 0.684. The SMILES string of the molecule is CN(C1CCC(OCCN2CCCC2)CC1)S(=O)(=O)c1ccc(Br)cc1. The van der Waals surface area contributed by atoms with E-state index in [1.165, 1.54) is 25.9 Å². The predicted octanol–water partition coefficient (Wildman–Crippen LogP) is 3.49. The fourth-order valence-electron chi connectivity index (χ4n) is 3.90. The number of halogens is 1. The van der Waals surface area contributed by atoms with Crippen molar-refractivity contribution in [2.24, 2.45) is 0 Å². The molecule has 2 fully saturated rings.